The Kier molecular flexibility index (Phi) is 3.29. The fraction of sp³-hybridized carbons (Fsp3) is 0.700. The van der Waals surface area contributed by atoms with Crippen LogP contribution in [0.1, 0.15) is 18.3 Å². The minimum absolute atomic E-state index is 0.111. The number of likely N-dealkylation sites (N-methyl/N-ethyl adjacent to an activating group) is 1. The lowest BCUT2D eigenvalue weighted by Crippen LogP contribution is -2.47. The highest BCUT2D eigenvalue weighted by Crippen LogP contribution is 2.10. The van der Waals surface area contributed by atoms with Gasteiger partial charge in [-0.15, -0.1) is 0 Å². The number of aliphatic hydroxyl groups excluding tert-OH is 1. The molecule has 0 aliphatic heterocycles. The number of hydrogen-bond acceptors (Lipinski definition) is 3. The molecule has 0 radical (unpaired) electrons. The number of aromatic nitrogens is 2. The van der Waals surface area contributed by atoms with E-state index in [-0.39, 0.29) is 12.1 Å². The number of aliphatic hydroxyl groups is 1. The molecule has 0 saturated carbocycles. The molecule has 1 heterocycles. The SMILES string of the molecule is CNC(C)(CO)Cn1cnc(C)c1C. The van der Waals surface area contributed by atoms with Crippen molar-refractivity contribution >= 4 is 0 Å². The molecule has 0 saturated heterocycles. The fourth-order valence-electron chi connectivity index (χ4n) is 1.29. The summed E-state index contributed by atoms with van der Waals surface area (Å²) in [5.41, 5.74) is 1.92. The van der Waals surface area contributed by atoms with Gasteiger partial charge in [0.1, 0.15) is 0 Å². The van der Waals surface area contributed by atoms with E-state index in [1.165, 1.54) is 0 Å². The predicted octanol–water partition coefficient (Wildman–Crippen LogP) is 0.470. The van der Waals surface area contributed by atoms with Gasteiger partial charge >= 0.3 is 0 Å². The van der Waals surface area contributed by atoms with Crippen LogP contribution < -0.4 is 5.32 Å². The maximum Gasteiger partial charge on any atom is 0.0952 e. The topological polar surface area (TPSA) is 50.1 Å². The molecule has 1 unspecified atom stereocenters. The van der Waals surface area contributed by atoms with Crippen LogP contribution in [0, 0.1) is 13.8 Å². The van der Waals surface area contributed by atoms with Crippen molar-refractivity contribution in [1.82, 2.24) is 14.9 Å². The number of imidazole rings is 1. The molecule has 0 fully saturated rings. The normalized spacial score (nSPS) is 15.5. The Bertz CT molecular complexity index is 302. The summed E-state index contributed by atoms with van der Waals surface area (Å²) in [6, 6.07) is 0. The number of hydrogen-bond donors (Lipinski definition) is 2. The molecule has 0 aliphatic carbocycles. The molecule has 1 rings (SSSR count). The molecule has 0 aliphatic rings. The van der Waals surface area contributed by atoms with E-state index in [0.717, 1.165) is 17.9 Å². The maximum absolute atomic E-state index is 9.25. The largest absolute Gasteiger partial charge is 0.394 e. The van der Waals surface area contributed by atoms with Gasteiger partial charge in [0.25, 0.3) is 0 Å². The summed E-state index contributed by atoms with van der Waals surface area (Å²) in [7, 11) is 1.86. The number of nitrogens with one attached hydrogen (secondary N) is 1. The second-order valence-corrected chi connectivity index (χ2v) is 4.01. The van der Waals surface area contributed by atoms with Gasteiger partial charge in [-0.05, 0) is 27.8 Å². The lowest BCUT2D eigenvalue weighted by atomic mass is 10.0. The second-order valence-electron chi connectivity index (χ2n) is 4.01. The summed E-state index contributed by atoms with van der Waals surface area (Å²) < 4.78 is 2.06. The Morgan fingerprint density at radius 3 is 2.57 bits per heavy atom. The van der Waals surface area contributed by atoms with Crippen LogP contribution in [0.15, 0.2) is 6.33 Å². The lowest BCUT2D eigenvalue weighted by Gasteiger charge is -2.27. The van der Waals surface area contributed by atoms with Crippen molar-refractivity contribution in [3.05, 3.63) is 17.7 Å². The van der Waals surface area contributed by atoms with Gasteiger partial charge in [-0.3, -0.25) is 0 Å². The van der Waals surface area contributed by atoms with Crippen molar-refractivity contribution in [2.75, 3.05) is 13.7 Å². The van der Waals surface area contributed by atoms with Crippen molar-refractivity contribution in [3.63, 3.8) is 0 Å². The number of rotatable bonds is 4. The van der Waals surface area contributed by atoms with Crippen LogP contribution in [-0.4, -0.2) is 33.9 Å². The number of aryl methyl sites for hydroxylation is 1. The molecule has 14 heavy (non-hydrogen) atoms. The van der Waals surface area contributed by atoms with E-state index in [1.807, 2.05) is 34.1 Å². The van der Waals surface area contributed by atoms with E-state index in [4.69, 9.17) is 0 Å². The Morgan fingerprint density at radius 1 is 1.57 bits per heavy atom. The fourth-order valence-corrected chi connectivity index (χ4v) is 1.29. The van der Waals surface area contributed by atoms with Gasteiger partial charge in [0.2, 0.25) is 0 Å². The first kappa shape index (κ1) is 11.2. The molecule has 0 amide bonds. The molecular weight excluding hydrogens is 178 g/mol. The van der Waals surface area contributed by atoms with E-state index in [1.54, 1.807) is 0 Å². The summed E-state index contributed by atoms with van der Waals surface area (Å²) in [6.45, 7) is 6.85. The van der Waals surface area contributed by atoms with Gasteiger partial charge in [-0.1, -0.05) is 0 Å². The third-order valence-corrected chi connectivity index (χ3v) is 2.82. The quantitative estimate of drug-likeness (QED) is 0.737. The van der Waals surface area contributed by atoms with Crippen LogP contribution in [0.5, 0.6) is 0 Å². The molecule has 2 N–H and O–H groups in total. The van der Waals surface area contributed by atoms with Crippen LogP contribution in [0.3, 0.4) is 0 Å². The van der Waals surface area contributed by atoms with Crippen molar-refractivity contribution in [2.24, 2.45) is 0 Å². The Labute approximate surface area is 85.0 Å². The van der Waals surface area contributed by atoms with E-state index in [9.17, 15) is 5.11 Å². The van der Waals surface area contributed by atoms with Crippen molar-refractivity contribution < 1.29 is 5.11 Å². The summed E-state index contributed by atoms with van der Waals surface area (Å²) in [5, 5.41) is 12.4. The Balaban J connectivity index is 2.82. The summed E-state index contributed by atoms with van der Waals surface area (Å²) in [4.78, 5) is 4.22. The first-order valence-corrected chi connectivity index (χ1v) is 4.80. The molecule has 4 heteroatoms. The minimum atomic E-state index is -0.280. The Morgan fingerprint density at radius 2 is 2.21 bits per heavy atom. The van der Waals surface area contributed by atoms with Crippen molar-refractivity contribution in [1.29, 1.82) is 0 Å². The predicted molar refractivity (Wildman–Crippen MR) is 56.3 cm³/mol. The van der Waals surface area contributed by atoms with E-state index in [2.05, 4.69) is 14.9 Å². The van der Waals surface area contributed by atoms with E-state index >= 15 is 0 Å². The zero-order valence-electron chi connectivity index (χ0n) is 9.33. The van der Waals surface area contributed by atoms with Gasteiger partial charge in [0, 0.05) is 12.2 Å². The van der Waals surface area contributed by atoms with E-state index < -0.39 is 0 Å². The molecule has 0 bridgehead atoms. The van der Waals surface area contributed by atoms with Crippen molar-refractivity contribution in [3.8, 4) is 0 Å². The first-order valence-electron chi connectivity index (χ1n) is 4.80. The van der Waals surface area contributed by atoms with E-state index in [0.29, 0.717) is 0 Å². The molecule has 80 valence electrons. The van der Waals surface area contributed by atoms with Gasteiger partial charge < -0.3 is 15.0 Å². The molecule has 0 aromatic carbocycles. The third-order valence-electron chi connectivity index (χ3n) is 2.82. The first-order chi connectivity index (χ1) is 6.52. The zero-order valence-corrected chi connectivity index (χ0v) is 9.33. The Hall–Kier alpha value is -0.870. The molecule has 1 aromatic rings. The highest BCUT2D eigenvalue weighted by molar-refractivity contribution is 5.09. The zero-order chi connectivity index (χ0) is 10.8. The summed E-state index contributed by atoms with van der Waals surface area (Å²) in [6.07, 6.45) is 1.82. The number of nitrogens with zero attached hydrogens (tertiary/aromatic N) is 2. The average molecular weight is 197 g/mol. The summed E-state index contributed by atoms with van der Waals surface area (Å²) >= 11 is 0. The maximum atomic E-state index is 9.25. The second kappa shape index (κ2) is 4.11. The monoisotopic (exact) mass is 197 g/mol. The average Bonchev–Trinajstić information content (AvgIpc) is 2.49. The molecule has 0 spiro atoms. The lowest BCUT2D eigenvalue weighted by molar-refractivity contribution is 0.164. The van der Waals surface area contributed by atoms with Gasteiger partial charge in [-0.2, -0.15) is 0 Å². The molecule has 1 atom stereocenters. The highest BCUT2D eigenvalue weighted by atomic mass is 16.3. The molecule has 4 nitrogen and oxygen atoms in total. The van der Waals surface area contributed by atoms with Crippen LogP contribution in [0.2, 0.25) is 0 Å². The highest BCUT2D eigenvalue weighted by Gasteiger charge is 2.22. The smallest absolute Gasteiger partial charge is 0.0952 e. The van der Waals surface area contributed by atoms with Crippen LogP contribution in [-0.2, 0) is 6.54 Å². The van der Waals surface area contributed by atoms with Crippen molar-refractivity contribution in [2.45, 2.75) is 32.9 Å². The molecular formula is C10H19N3O. The van der Waals surface area contributed by atoms with Crippen LogP contribution >= 0.6 is 0 Å². The minimum Gasteiger partial charge on any atom is -0.394 e. The van der Waals surface area contributed by atoms with Crippen LogP contribution in [0.25, 0.3) is 0 Å². The standard InChI is InChI=1S/C10H19N3O/c1-8-9(2)13(7-12-8)5-10(3,6-14)11-4/h7,11,14H,5-6H2,1-4H3. The van der Waals surface area contributed by atoms with Gasteiger partial charge in [0.15, 0.2) is 0 Å². The third kappa shape index (κ3) is 2.13. The molecule has 1 aromatic heterocycles. The van der Waals surface area contributed by atoms with Gasteiger partial charge in [0.05, 0.1) is 24.2 Å². The van der Waals surface area contributed by atoms with Crippen LogP contribution in [0.4, 0.5) is 0 Å². The summed E-state index contributed by atoms with van der Waals surface area (Å²) in [5.74, 6) is 0. The van der Waals surface area contributed by atoms with Gasteiger partial charge in [-0.25, -0.2) is 4.98 Å².